The molecule has 9 aliphatic rings. The van der Waals surface area contributed by atoms with E-state index < -0.39 is 88.6 Å². The number of anilines is 1. The quantitative estimate of drug-likeness (QED) is 0.0189. The van der Waals surface area contributed by atoms with E-state index in [9.17, 15) is 48.6 Å². The SMILES string of the molecule is COc1c(C)cc2c(c1O)C1[C@@H]3[C@@H]4SC[C@]5(N[C@H](CNC(=O)OCc6ccc(NC(=O)[C@H](CCCNC(N)=O)NC(=O)[C@@H](NC(=O)CCCCCN7C(=O)C=CC7=O)C(C)C)cc6)Cc6c5[nH]c5ccccc65)C(=O)OC[C@@H](c5c6c(c(C)c(OC(C)=O)c54)OCO6)N3C(O)(C2)CN1C. The maximum Gasteiger partial charge on any atom is 0.407 e. The van der Waals surface area contributed by atoms with E-state index in [0.29, 0.717) is 87.7 Å². The Labute approximate surface area is 575 Å². The zero-order valence-electron chi connectivity index (χ0n) is 56.1. The predicted molar refractivity (Wildman–Crippen MR) is 360 cm³/mol. The van der Waals surface area contributed by atoms with Gasteiger partial charge in [0.2, 0.25) is 24.5 Å². The number of nitrogens with zero attached hydrogens (tertiary/aromatic N) is 3. The highest BCUT2D eigenvalue weighted by Crippen LogP contribution is 2.65. The number of phenols is 1. The van der Waals surface area contributed by atoms with Crippen LogP contribution >= 0.6 is 11.8 Å². The van der Waals surface area contributed by atoms with Crippen molar-refractivity contribution in [2.45, 2.75) is 145 Å². The molecule has 1 spiro atoms. The number of hydrogen-bond acceptors (Lipinski definition) is 21. The van der Waals surface area contributed by atoms with Gasteiger partial charge in [-0.15, -0.1) is 11.8 Å². The molecule has 28 nitrogen and oxygen atoms in total. The van der Waals surface area contributed by atoms with E-state index >= 15 is 4.79 Å². The van der Waals surface area contributed by atoms with E-state index in [1.54, 1.807) is 45.0 Å². The number of unbranched alkanes of at least 4 members (excludes halogenated alkanes) is 2. The number of rotatable bonds is 22. The number of thioether (sulfide) groups is 1. The normalized spacial score (nSPS) is 23.8. The van der Waals surface area contributed by atoms with Crippen molar-refractivity contribution in [2.24, 2.45) is 11.7 Å². The van der Waals surface area contributed by atoms with Crippen LogP contribution in [0.25, 0.3) is 10.9 Å². The molecule has 8 amide bonds. The molecule has 2 fully saturated rings. The molecule has 0 aliphatic carbocycles. The van der Waals surface area contributed by atoms with E-state index in [0.717, 1.165) is 26.9 Å². The summed E-state index contributed by atoms with van der Waals surface area (Å²) in [6, 6.07) is 10.4. The number of para-hydroxylation sites is 1. The van der Waals surface area contributed by atoms with Crippen molar-refractivity contribution in [1.29, 1.82) is 0 Å². The van der Waals surface area contributed by atoms with E-state index in [2.05, 4.69) is 36.9 Å². The smallest absolute Gasteiger partial charge is 0.407 e. The minimum atomic E-state index is -1.63. The van der Waals surface area contributed by atoms with E-state index in [-0.39, 0.29) is 113 Å². The lowest BCUT2D eigenvalue weighted by atomic mass is 9.78. The summed E-state index contributed by atoms with van der Waals surface area (Å²) in [7, 11) is 3.41. The molecule has 4 bridgehead atoms. The fraction of sp³-hybridized carbons (Fsp3) is 0.471. The number of methoxy groups -OCH3 is 1. The molecular weight excluding hydrogens is 1300 g/mol. The minimum Gasteiger partial charge on any atom is -0.504 e. The number of alkyl carbamates (subject to hydrolysis) is 1. The largest absolute Gasteiger partial charge is 0.504 e. The van der Waals surface area contributed by atoms with Crippen LogP contribution in [0.5, 0.6) is 28.7 Å². The second-order valence-electron chi connectivity index (χ2n) is 26.7. The number of aromatic hydroxyl groups is 1. The van der Waals surface area contributed by atoms with E-state index in [4.69, 9.17) is 34.2 Å². The number of imide groups is 1. The van der Waals surface area contributed by atoms with Gasteiger partial charge in [0.25, 0.3) is 11.8 Å². The highest BCUT2D eigenvalue weighted by atomic mass is 32.2. The van der Waals surface area contributed by atoms with Crippen LogP contribution < -0.4 is 56.6 Å². The van der Waals surface area contributed by atoms with Gasteiger partial charge in [0.1, 0.15) is 36.8 Å². The van der Waals surface area contributed by atoms with Gasteiger partial charge in [-0.25, -0.2) is 14.4 Å². The molecule has 14 rings (SSSR count). The molecule has 3 unspecified atom stereocenters. The lowest BCUT2D eigenvalue weighted by Crippen LogP contribution is -2.70. The first-order valence-corrected chi connectivity index (χ1v) is 34.3. The summed E-state index contributed by atoms with van der Waals surface area (Å²) in [6.07, 6.45) is 4.05. The minimum absolute atomic E-state index is 0.0133. The summed E-state index contributed by atoms with van der Waals surface area (Å²) < 4.78 is 37.0. The number of aromatic nitrogens is 1. The number of piperazine rings is 1. The molecule has 0 radical (unpaired) electrons. The summed E-state index contributed by atoms with van der Waals surface area (Å²) in [5.41, 5.74) is 8.74. The molecule has 29 heteroatoms. The van der Waals surface area contributed by atoms with Crippen molar-refractivity contribution < 1.29 is 81.8 Å². The third-order valence-corrected chi connectivity index (χ3v) is 21.2. The van der Waals surface area contributed by atoms with Crippen LogP contribution in [-0.2, 0) is 68.0 Å². The van der Waals surface area contributed by atoms with Crippen LogP contribution in [0, 0.1) is 19.8 Å². The van der Waals surface area contributed by atoms with Crippen LogP contribution in [0.3, 0.4) is 0 Å². The fourth-order valence-electron chi connectivity index (χ4n) is 15.3. The van der Waals surface area contributed by atoms with Crippen molar-refractivity contribution >= 4 is 82.0 Å². The van der Waals surface area contributed by atoms with Crippen molar-refractivity contribution in [3.8, 4) is 28.7 Å². The summed E-state index contributed by atoms with van der Waals surface area (Å²) in [6.45, 7) is 8.31. The molecule has 10 atom stereocenters. The average Bonchev–Trinajstić information content (AvgIpc) is 1.66. The average molecular weight is 1380 g/mol. The standard InChI is InChI=1S/C70H83N11O17S/c1-35(2)54(77-48(83)17-9-8-12-25-80-49(84)22-23-50(80)85)65(88)76-46(16-13-24-72-67(71)90)64(87)74-41-20-18-39(19-21-41)30-95-68(91)73-29-42-27-44-43-14-10-11-15-45(43)75-63(44)70(78-42)33-99-62-53-52(61-60(96-34-97-61)37(4)59(53)98-38(5)82)47(31-94-66(70)89)81-56(62)55-51-40(28-69(81,92)32-79(55)6)26-36(3)58(93-7)57(51)86/h10-11,14-15,18-23,26,35,42,46-47,54-56,62,75,78,86,92H,8-9,12-13,16-17,24-25,27-34H2,1-7H3,(H,73,91)(H,74,87)(H,76,88)(H,77,83)(H3,71,72,90)/t42-,46-,47-,54-,55?,56+,62+,69?,70+/m0/s1. The Morgan fingerprint density at radius 3 is 2.36 bits per heavy atom. The molecule has 10 heterocycles. The number of fused-ring (bicyclic) bond motifs is 8. The van der Waals surface area contributed by atoms with Gasteiger partial charge in [-0.3, -0.25) is 48.8 Å². The number of phenolic OH excluding ortho intramolecular Hbond substituents is 1. The number of likely N-dealkylation sites (N-methyl/N-ethyl adjacent to an activating group) is 1. The molecule has 526 valence electrons. The topological polar surface area (TPSA) is 373 Å². The van der Waals surface area contributed by atoms with Crippen molar-refractivity contribution in [1.82, 2.24) is 46.3 Å². The molecule has 4 aromatic carbocycles. The number of urea groups is 1. The van der Waals surface area contributed by atoms with Crippen LogP contribution in [0.15, 0.2) is 66.7 Å². The van der Waals surface area contributed by atoms with Crippen LogP contribution in [-0.4, -0.2) is 173 Å². The fourth-order valence-corrected chi connectivity index (χ4v) is 17.0. The third kappa shape index (κ3) is 13.5. The number of benzene rings is 4. The monoisotopic (exact) mass is 1380 g/mol. The van der Waals surface area contributed by atoms with Gasteiger partial charge in [0.05, 0.1) is 30.1 Å². The number of esters is 2. The number of nitrogens with two attached hydrogens (primary N) is 1. The van der Waals surface area contributed by atoms with E-state index in [1.165, 1.54) is 37.9 Å². The number of aryl methyl sites for hydroxylation is 1. The number of aliphatic hydroxyl groups is 1. The summed E-state index contributed by atoms with van der Waals surface area (Å²) in [4.78, 5) is 128. The Hall–Kier alpha value is -9.42. The zero-order chi connectivity index (χ0) is 70.4. The Morgan fingerprint density at radius 1 is 0.889 bits per heavy atom. The number of aromatic amines is 1. The zero-order valence-corrected chi connectivity index (χ0v) is 56.9. The van der Waals surface area contributed by atoms with Gasteiger partial charge in [-0.1, -0.05) is 56.7 Å². The van der Waals surface area contributed by atoms with Crippen LogP contribution in [0.1, 0.15) is 127 Å². The second-order valence-corrected chi connectivity index (χ2v) is 27.9. The van der Waals surface area contributed by atoms with Gasteiger partial charge in [-0.05, 0) is 99.4 Å². The first-order chi connectivity index (χ1) is 47.4. The van der Waals surface area contributed by atoms with E-state index in [1.807, 2.05) is 54.1 Å². The second kappa shape index (κ2) is 28.4. The van der Waals surface area contributed by atoms with Crippen molar-refractivity contribution in [3.63, 3.8) is 0 Å². The Balaban J connectivity index is 0.748. The molecule has 2 saturated heterocycles. The van der Waals surface area contributed by atoms with Crippen molar-refractivity contribution in [2.75, 3.05) is 64.8 Å². The number of ether oxygens (including phenoxy) is 6. The highest BCUT2D eigenvalue weighted by molar-refractivity contribution is 7.99. The van der Waals surface area contributed by atoms with Gasteiger partial charge < -0.3 is 75.9 Å². The number of amides is 8. The number of H-pyrrole nitrogens is 1. The molecule has 1 aromatic heterocycles. The molecule has 11 N–H and O–H groups in total. The van der Waals surface area contributed by atoms with Crippen molar-refractivity contribution in [3.05, 3.63) is 117 Å². The summed E-state index contributed by atoms with van der Waals surface area (Å²) in [5, 5.41) is 43.4. The molecule has 99 heavy (non-hydrogen) atoms. The highest BCUT2D eigenvalue weighted by Gasteiger charge is 2.64. The van der Waals surface area contributed by atoms with Gasteiger partial charge in [-0.2, -0.15) is 0 Å². The predicted octanol–water partition coefficient (Wildman–Crippen LogP) is 4.97. The Morgan fingerprint density at radius 2 is 1.64 bits per heavy atom. The summed E-state index contributed by atoms with van der Waals surface area (Å²) in [5.74, 6) is -2.66. The molecule has 9 aliphatic heterocycles. The van der Waals surface area contributed by atoms with Crippen LogP contribution in [0.2, 0.25) is 0 Å². The van der Waals surface area contributed by atoms with Gasteiger partial charge >= 0.3 is 24.1 Å². The molecule has 5 aromatic rings. The summed E-state index contributed by atoms with van der Waals surface area (Å²) >= 11 is 1.40. The first-order valence-electron chi connectivity index (χ1n) is 33.3. The lowest BCUT2D eigenvalue weighted by Gasteiger charge is -2.60. The number of nitrogens with one attached hydrogen (secondary N) is 7. The number of carbonyl (C=O) groups excluding carboxylic acids is 9. The van der Waals surface area contributed by atoms with Gasteiger partial charge in [0.15, 0.2) is 28.5 Å². The van der Waals surface area contributed by atoms with Gasteiger partial charge in [0, 0.05) is 115 Å². The number of hydrogen-bond donors (Lipinski definition) is 10. The maximum absolute atomic E-state index is 15.7. The first kappa shape index (κ1) is 69.5. The Kier molecular flexibility index (Phi) is 20.0. The molecular formula is C70H83N11O17S. The lowest BCUT2D eigenvalue weighted by molar-refractivity contribution is -0.215. The molecule has 0 saturated carbocycles. The third-order valence-electron chi connectivity index (χ3n) is 19.7. The maximum atomic E-state index is 15.7. The van der Waals surface area contributed by atoms with Crippen LogP contribution in [0.4, 0.5) is 15.3 Å². The Bertz CT molecular complexity index is 4090. The number of primary amides is 1. The number of carbonyl (C=O) groups is 9.